The van der Waals surface area contributed by atoms with Gasteiger partial charge < -0.3 is 4.74 Å². The average molecular weight is 224 g/mol. The summed E-state index contributed by atoms with van der Waals surface area (Å²) in [6.07, 6.45) is 1.07. The van der Waals surface area contributed by atoms with Crippen molar-refractivity contribution in [3.63, 3.8) is 0 Å². The predicted molar refractivity (Wildman–Crippen MR) is 59.5 cm³/mol. The second kappa shape index (κ2) is 4.37. The Morgan fingerprint density at radius 2 is 2.00 bits per heavy atom. The van der Waals surface area contributed by atoms with Gasteiger partial charge in [0, 0.05) is 5.25 Å². The summed E-state index contributed by atoms with van der Waals surface area (Å²) in [6.45, 7) is 1.91. The van der Waals surface area contributed by atoms with E-state index >= 15 is 0 Å². The normalized spacial score (nSPS) is 10.3. The zero-order valence-corrected chi connectivity index (χ0v) is 9.68. The lowest BCUT2D eigenvalue weighted by Crippen LogP contribution is -1.91. The lowest BCUT2D eigenvalue weighted by Gasteiger charge is -2.03. The van der Waals surface area contributed by atoms with Crippen molar-refractivity contribution in [2.45, 2.75) is 6.92 Å². The van der Waals surface area contributed by atoms with Crippen LogP contribution in [0.2, 0.25) is 0 Å². The Labute approximate surface area is 90.0 Å². The second-order valence-corrected chi connectivity index (χ2v) is 4.95. The third kappa shape index (κ3) is 3.64. The van der Waals surface area contributed by atoms with E-state index in [2.05, 4.69) is 11.2 Å². The third-order valence-electron chi connectivity index (χ3n) is 1.73. The van der Waals surface area contributed by atoms with E-state index in [1.165, 1.54) is 7.11 Å². The van der Waals surface area contributed by atoms with Gasteiger partial charge in [-0.3, -0.25) is 0 Å². The van der Waals surface area contributed by atoms with Crippen LogP contribution in [0.4, 0.5) is 0 Å². The van der Waals surface area contributed by atoms with Crippen LogP contribution >= 0.6 is 0 Å². The molecule has 1 aromatic rings. The van der Waals surface area contributed by atoms with E-state index in [4.69, 9.17) is 4.74 Å². The summed E-state index contributed by atoms with van der Waals surface area (Å²) < 4.78 is 26.8. The molecule has 3 nitrogen and oxygen atoms in total. The number of aryl methyl sites for hydroxylation is 1. The molecule has 0 atom stereocenters. The molecule has 0 aliphatic heterocycles. The zero-order chi connectivity index (χ0) is 11.5. The van der Waals surface area contributed by atoms with Gasteiger partial charge in [-0.15, -0.1) is 0 Å². The van der Waals surface area contributed by atoms with Crippen molar-refractivity contribution in [2.24, 2.45) is 0 Å². The first-order valence-corrected chi connectivity index (χ1v) is 6.19. The maximum absolute atomic E-state index is 10.9. The first-order chi connectivity index (χ1) is 6.92. The van der Waals surface area contributed by atoms with Gasteiger partial charge in [0.1, 0.15) is 5.75 Å². The number of sulfone groups is 1. The highest BCUT2D eigenvalue weighted by molar-refractivity contribution is 7.95. The predicted octanol–water partition coefficient (Wildman–Crippen LogP) is 1.36. The summed E-state index contributed by atoms with van der Waals surface area (Å²) >= 11 is 0. The van der Waals surface area contributed by atoms with Crippen molar-refractivity contribution >= 4 is 9.84 Å². The van der Waals surface area contributed by atoms with Gasteiger partial charge in [-0.1, -0.05) is 6.07 Å². The highest BCUT2D eigenvalue weighted by Crippen LogP contribution is 2.18. The highest BCUT2D eigenvalue weighted by atomic mass is 32.2. The SMILES string of the molecule is COc1ccc(C)cc1C#CS(C)(=O)=O. The number of ether oxygens (including phenoxy) is 1. The largest absolute Gasteiger partial charge is 0.495 e. The standard InChI is InChI=1S/C11H12O3S/c1-9-4-5-11(14-2)10(8-9)6-7-15(3,12)13/h4-5,8H,1-3H3. The minimum atomic E-state index is -3.28. The Kier molecular flexibility index (Phi) is 3.38. The number of hydrogen-bond acceptors (Lipinski definition) is 3. The van der Waals surface area contributed by atoms with Crippen LogP contribution < -0.4 is 4.74 Å². The fourth-order valence-corrected chi connectivity index (χ4v) is 1.36. The Bertz CT molecular complexity index is 518. The Hall–Kier alpha value is -1.47. The number of rotatable bonds is 1. The lowest BCUT2D eigenvalue weighted by atomic mass is 10.1. The van der Waals surface area contributed by atoms with Crippen LogP contribution in [-0.2, 0) is 9.84 Å². The van der Waals surface area contributed by atoms with Crippen LogP contribution in [0.1, 0.15) is 11.1 Å². The van der Waals surface area contributed by atoms with E-state index in [0.29, 0.717) is 11.3 Å². The molecular weight excluding hydrogens is 212 g/mol. The van der Waals surface area contributed by atoms with E-state index < -0.39 is 9.84 Å². The van der Waals surface area contributed by atoms with Gasteiger partial charge in [0.15, 0.2) is 0 Å². The van der Waals surface area contributed by atoms with Crippen molar-refractivity contribution in [3.05, 3.63) is 29.3 Å². The minimum Gasteiger partial charge on any atom is -0.495 e. The highest BCUT2D eigenvalue weighted by Gasteiger charge is 2.00. The summed E-state index contributed by atoms with van der Waals surface area (Å²) in [5, 5.41) is 2.18. The van der Waals surface area contributed by atoms with Crippen molar-refractivity contribution in [3.8, 4) is 16.9 Å². The van der Waals surface area contributed by atoms with Crippen LogP contribution in [0, 0.1) is 18.1 Å². The molecule has 0 saturated heterocycles. The van der Waals surface area contributed by atoms with Crippen molar-refractivity contribution < 1.29 is 13.2 Å². The zero-order valence-electron chi connectivity index (χ0n) is 8.87. The summed E-state index contributed by atoms with van der Waals surface area (Å²) in [4.78, 5) is 0. The molecule has 1 aromatic carbocycles. The Balaban J connectivity index is 3.23. The molecule has 0 N–H and O–H groups in total. The lowest BCUT2D eigenvalue weighted by molar-refractivity contribution is 0.413. The molecule has 0 aliphatic rings. The fourth-order valence-electron chi connectivity index (χ4n) is 1.07. The number of hydrogen-bond donors (Lipinski definition) is 0. The van der Waals surface area contributed by atoms with Gasteiger partial charge >= 0.3 is 0 Å². The number of methoxy groups -OCH3 is 1. The van der Waals surface area contributed by atoms with Crippen LogP contribution in [-0.4, -0.2) is 21.8 Å². The molecule has 0 unspecified atom stereocenters. The molecule has 4 heteroatoms. The van der Waals surface area contributed by atoms with Crippen LogP contribution in [0.3, 0.4) is 0 Å². The minimum absolute atomic E-state index is 0.580. The van der Waals surface area contributed by atoms with Gasteiger partial charge in [-0.2, -0.15) is 0 Å². The smallest absolute Gasteiger partial charge is 0.214 e. The summed E-state index contributed by atoms with van der Waals surface area (Å²) in [6, 6.07) is 5.43. The molecule has 0 spiro atoms. The topological polar surface area (TPSA) is 43.4 Å². The molecule has 0 radical (unpaired) electrons. The Morgan fingerprint density at radius 1 is 1.33 bits per heavy atom. The maximum atomic E-state index is 10.9. The van der Waals surface area contributed by atoms with E-state index in [9.17, 15) is 8.42 Å². The molecule has 0 fully saturated rings. The van der Waals surface area contributed by atoms with E-state index in [1.807, 2.05) is 13.0 Å². The van der Waals surface area contributed by atoms with Gasteiger partial charge in [-0.05, 0) is 30.5 Å². The summed E-state index contributed by atoms with van der Waals surface area (Å²) in [5.41, 5.74) is 1.59. The quantitative estimate of drug-likeness (QED) is 0.676. The number of benzene rings is 1. The molecule has 0 aliphatic carbocycles. The van der Waals surface area contributed by atoms with E-state index in [0.717, 1.165) is 11.8 Å². The fraction of sp³-hybridized carbons (Fsp3) is 0.273. The Morgan fingerprint density at radius 3 is 2.53 bits per heavy atom. The van der Waals surface area contributed by atoms with Crippen molar-refractivity contribution in [2.75, 3.05) is 13.4 Å². The van der Waals surface area contributed by atoms with Gasteiger partial charge in [0.05, 0.1) is 18.9 Å². The van der Waals surface area contributed by atoms with Crippen LogP contribution in [0.25, 0.3) is 0 Å². The van der Waals surface area contributed by atoms with Crippen LogP contribution in [0.15, 0.2) is 18.2 Å². The molecule has 0 bridgehead atoms. The van der Waals surface area contributed by atoms with Gasteiger partial charge in [-0.25, -0.2) is 8.42 Å². The molecule has 0 aromatic heterocycles. The third-order valence-corrected chi connectivity index (χ3v) is 2.20. The monoisotopic (exact) mass is 224 g/mol. The van der Waals surface area contributed by atoms with Gasteiger partial charge in [0.2, 0.25) is 9.84 Å². The molecular formula is C11H12O3S. The first kappa shape index (κ1) is 11.6. The van der Waals surface area contributed by atoms with Crippen molar-refractivity contribution in [1.29, 1.82) is 0 Å². The molecule has 80 valence electrons. The first-order valence-electron chi connectivity index (χ1n) is 4.30. The summed E-state index contributed by atoms with van der Waals surface area (Å²) in [5.74, 6) is 3.16. The van der Waals surface area contributed by atoms with Gasteiger partial charge in [0.25, 0.3) is 0 Å². The van der Waals surface area contributed by atoms with E-state index in [1.54, 1.807) is 12.1 Å². The second-order valence-electron chi connectivity index (χ2n) is 3.20. The molecule has 0 saturated carbocycles. The van der Waals surface area contributed by atoms with Crippen LogP contribution in [0.5, 0.6) is 5.75 Å². The molecule has 1 rings (SSSR count). The molecule has 15 heavy (non-hydrogen) atoms. The average Bonchev–Trinajstić information content (AvgIpc) is 2.14. The molecule has 0 heterocycles. The van der Waals surface area contributed by atoms with E-state index in [-0.39, 0.29) is 0 Å². The van der Waals surface area contributed by atoms with Crippen molar-refractivity contribution in [1.82, 2.24) is 0 Å². The molecule has 0 amide bonds. The summed E-state index contributed by atoms with van der Waals surface area (Å²) in [7, 11) is -1.75. The maximum Gasteiger partial charge on any atom is 0.214 e.